The van der Waals surface area contributed by atoms with Gasteiger partial charge in [0, 0.05) is 37.3 Å². The number of hydrogen-bond acceptors (Lipinski definition) is 5. The maximum absolute atomic E-state index is 6.29. The van der Waals surface area contributed by atoms with Crippen molar-refractivity contribution in [2.75, 3.05) is 0 Å². The molecule has 0 atom stereocenters. The van der Waals surface area contributed by atoms with Gasteiger partial charge in [0.15, 0.2) is 17.5 Å². The quantitative estimate of drug-likeness (QED) is 0.180. The molecule has 0 radical (unpaired) electrons. The Morgan fingerprint density at radius 1 is 0.351 bits per heavy atom. The van der Waals surface area contributed by atoms with Crippen LogP contribution in [0.3, 0.4) is 0 Å². The van der Waals surface area contributed by atoms with Gasteiger partial charge in [-0.15, -0.1) is 0 Å². The Bertz CT molecular complexity index is 3200. The van der Waals surface area contributed by atoms with Crippen LogP contribution in [0.15, 0.2) is 202 Å². The molecule has 12 rings (SSSR count). The van der Waals surface area contributed by atoms with Gasteiger partial charge < -0.3 is 4.42 Å². The molecule has 0 N–H and O–H groups in total. The number of aromatic nitrogens is 3. The monoisotopic (exact) mass is 745 g/mol. The predicted octanol–water partition coefficient (Wildman–Crippen LogP) is 13.3. The van der Waals surface area contributed by atoms with E-state index in [1.54, 1.807) is 0 Å². The predicted molar refractivity (Wildman–Crippen MR) is 230 cm³/mol. The molecule has 266 valence electrons. The molecule has 1 spiro atoms. The van der Waals surface area contributed by atoms with Gasteiger partial charge in [-0.3, -0.25) is 0 Å². The Morgan fingerprint density at radius 2 is 0.912 bits per heavy atom. The second-order valence-electron chi connectivity index (χ2n) is 14.7. The van der Waals surface area contributed by atoms with Gasteiger partial charge in [-0.1, -0.05) is 169 Å². The van der Waals surface area contributed by atoms with Crippen molar-refractivity contribution in [1.82, 2.24) is 15.0 Å². The van der Waals surface area contributed by atoms with Crippen LogP contribution < -0.4 is 0 Å². The largest absolute Gasteiger partial charge is 0.456 e. The minimum absolute atomic E-state index is 0.420. The first-order valence-electron chi connectivity index (χ1n) is 19.2. The molecular formula is C52H31N3OS. The standard InChI is InChI=1S/C52H31N3OS/c1-2-14-32(15-3-1)49-53-50(34-26-28-39-38-19-8-12-24-45(38)56-46(39)30-34)55-51(54-49)40-20-5-4-16-35(40)33-27-29-44-48(31-33)57-47-25-13-11-23-43(47)52(44)41-21-9-6-17-36(41)37-18-7-10-22-42(37)52/h1-31H. The molecule has 2 aromatic heterocycles. The van der Waals surface area contributed by atoms with Crippen molar-refractivity contribution in [3.63, 3.8) is 0 Å². The van der Waals surface area contributed by atoms with Crippen molar-refractivity contribution in [1.29, 1.82) is 0 Å². The van der Waals surface area contributed by atoms with E-state index in [4.69, 9.17) is 19.4 Å². The molecule has 1 aliphatic carbocycles. The Morgan fingerprint density at radius 3 is 1.70 bits per heavy atom. The van der Waals surface area contributed by atoms with Gasteiger partial charge in [0.1, 0.15) is 11.2 Å². The zero-order valence-electron chi connectivity index (χ0n) is 30.6. The molecule has 0 bridgehead atoms. The van der Waals surface area contributed by atoms with Crippen LogP contribution in [0.5, 0.6) is 0 Å². The molecule has 5 heteroatoms. The number of fused-ring (bicyclic) bond motifs is 12. The summed E-state index contributed by atoms with van der Waals surface area (Å²) in [7, 11) is 0. The summed E-state index contributed by atoms with van der Waals surface area (Å²) < 4.78 is 6.29. The number of rotatable bonds is 4. The van der Waals surface area contributed by atoms with Crippen LogP contribution in [-0.2, 0) is 5.41 Å². The first-order chi connectivity index (χ1) is 28.2. The second kappa shape index (κ2) is 12.5. The summed E-state index contributed by atoms with van der Waals surface area (Å²) >= 11 is 1.85. The SMILES string of the molecule is c1ccc(-c2nc(-c3ccc4c(c3)oc3ccccc34)nc(-c3ccccc3-c3ccc4c(c3)Sc3ccccc3C43c4ccccc4-c4ccccc43)n2)cc1. The van der Waals surface area contributed by atoms with Crippen molar-refractivity contribution in [2.45, 2.75) is 15.2 Å². The van der Waals surface area contributed by atoms with Gasteiger partial charge >= 0.3 is 0 Å². The molecule has 10 aromatic rings. The molecule has 4 nitrogen and oxygen atoms in total. The van der Waals surface area contributed by atoms with Crippen LogP contribution in [0.4, 0.5) is 0 Å². The second-order valence-corrected chi connectivity index (χ2v) is 15.8. The summed E-state index contributed by atoms with van der Waals surface area (Å²) in [6.45, 7) is 0. The molecule has 0 unspecified atom stereocenters. The van der Waals surface area contributed by atoms with Crippen LogP contribution in [0, 0.1) is 0 Å². The van der Waals surface area contributed by atoms with E-state index in [0.29, 0.717) is 17.5 Å². The summed E-state index contributed by atoms with van der Waals surface area (Å²) in [4.78, 5) is 17.9. The van der Waals surface area contributed by atoms with Crippen LogP contribution >= 0.6 is 11.8 Å². The summed E-state index contributed by atoms with van der Waals surface area (Å²) in [5, 5.41) is 2.16. The Hall–Kier alpha value is -7.08. The average molecular weight is 746 g/mol. The van der Waals surface area contributed by atoms with E-state index in [2.05, 4.69) is 133 Å². The Balaban J connectivity index is 1.04. The van der Waals surface area contributed by atoms with Crippen LogP contribution in [-0.4, -0.2) is 15.0 Å². The van der Waals surface area contributed by atoms with Crippen molar-refractivity contribution < 1.29 is 4.42 Å². The van der Waals surface area contributed by atoms with Gasteiger partial charge in [-0.25, -0.2) is 15.0 Å². The van der Waals surface area contributed by atoms with E-state index in [0.717, 1.165) is 49.8 Å². The van der Waals surface area contributed by atoms with Crippen molar-refractivity contribution in [3.8, 4) is 56.4 Å². The maximum Gasteiger partial charge on any atom is 0.164 e. The molecular weight excluding hydrogens is 715 g/mol. The molecule has 3 heterocycles. The average Bonchev–Trinajstić information content (AvgIpc) is 3.80. The van der Waals surface area contributed by atoms with E-state index in [-0.39, 0.29) is 0 Å². The molecule has 0 saturated carbocycles. The lowest BCUT2D eigenvalue weighted by Crippen LogP contribution is -2.31. The van der Waals surface area contributed by atoms with Crippen LogP contribution in [0.2, 0.25) is 0 Å². The topological polar surface area (TPSA) is 51.8 Å². The van der Waals surface area contributed by atoms with E-state index < -0.39 is 5.41 Å². The number of para-hydroxylation sites is 1. The first kappa shape index (κ1) is 32.2. The normalized spacial score (nSPS) is 13.3. The molecule has 2 aliphatic rings. The van der Waals surface area contributed by atoms with Crippen LogP contribution in [0.25, 0.3) is 78.4 Å². The zero-order valence-corrected chi connectivity index (χ0v) is 31.4. The van der Waals surface area contributed by atoms with E-state index in [9.17, 15) is 0 Å². The van der Waals surface area contributed by atoms with Crippen molar-refractivity contribution >= 4 is 33.7 Å². The minimum atomic E-state index is -0.420. The fraction of sp³-hybridized carbons (Fsp3) is 0.0192. The lowest BCUT2D eigenvalue weighted by molar-refractivity contribution is 0.669. The fourth-order valence-corrected chi connectivity index (χ4v) is 10.4. The highest BCUT2D eigenvalue weighted by molar-refractivity contribution is 7.99. The Labute approximate surface area is 333 Å². The Kier molecular flexibility index (Phi) is 7.04. The number of nitrogens with zero attached hydrogens (tertiary/aromatic N) is 3. The summed E-state index contributed by atoms with van der Waals surface area (Å²) in [5.41, 5.74) is 14.1. The molecule has 1 aliphatic heterocycles. The van der Waals surface area contributed by atoms with Crippen LogP contribution in [0.1, 0.15) is 22.3 Å². The van der Waals surface area contributed by atoms with E-state index in [1.165, 1.54) is 43.2 Å². The summed E-state index contributed by atoms with van der Waals surface area (Å²) in [6, 6.07) is 66.8. The molecule has 0 saturated heterocycles. The molecule has 8 aromatic carbocycles. The molecule has 0 fully saturated rings. The minimum Gasteiger partial charge on any atom is -0.456 e. The van der Waals surface area contributed by atoms with Gasteiger partial charge in [0.05, 0.1) is 5.41 Å². The van der Waals surface area contributed by atoms with Gasteiger partial charge in [0.2, 0.25) is 0 Å². The maximum atomic E-state index is 6.29. The smallest absolute Gasteiger partial charge is 0.164 e. The highest BCUT2D eigenvalue weighted by atomic mass is 32.2. The van der Waals surface area contributed by atoms with Gasteiger partial charge in [0.25, 0.3) is 0 Å². The third kappa shape index (κ3) is 4.79. The van der Waals surface area contributed by atoms with Gasteiger partial charge in [-0.05, 0) is 74.8 Å². The summed E-state index contributed by atoms with van der Waals surface area (Å²) in [5.74, 6) is 1.83. The third-order valence-corrected chi connectivity index (χ3v) is 12.8. The highest BCUT2D eigenvalue weighted by Crippen LogP contribution is 2.62. The van der Waals surface area contributed by atoms with Crippen molar-refractivity contribution in [3.05, 3.63) is 210 Å². The van der Waals surface area contributed by atoms with E-state index in [1.807, 2.05) is 66.4 Å². The van der Waals surface area contributed by atoms with Gasteiger partial charge in [-0.2, -0.15) is 0 Å². The third-order valence-electron chi connectivity index (χ3n) is 11.6. The fourth-order valence-electron chi connectivity index (χ4n) is 9.17. The van der Waals surface area contributed by atoms with E-state index >= 15 is 0 Å². The lowest BCUT2D eigenvalue weighted by atomic mass is 9.67. The number of benzene rings is 8. The summed E-state index contributed by atoms with van der Waals surface area (Å²) in [6.07, 6.45) is 0. The number of furan rings is 1. The highest BCUT2D eigenvalue weighted by Gasteiger charge is 2.50. The molecule has 57 heavy (non-hydrogen) atoms. The van der Waals surface area contributed by atoms with Crippen molar-refractivity contribution in [2.24, 2.45) is 0 Å². The first-order valence-corrected chi connectivity index (χ1v) is 20.0. The zero-order chi connectivity index (χ0) is 37.5. The lowest BCUT2D eigenvalue weighted by Gasteiger charge is -2.39. The number of hydrogen-bond donors (Lipinski definition) is 0. The molecule has 0 amide bonds.